The van der Waals surface area contributed by atoms with E-state index in [1.807, 2.05) is 68.4 Å². The molecule has 3 amide bonds. The summed E-state index contributed by atoms with van der Waals surface area (Å²) in [7, 11) is 0. The van der Waals surface area contributed by atoms with Crippen molar-refractivity contribution in [2.24, 2.45) is 0 Å². The van der Waals surface area contributed by atoms with Gasteiger partial charge in [0.25, 0.3) is 11.8 Å². The minimum absolute atomic E-state index is 0.0939. The van der Waals surface area contributed by atoms with E-state index in [0.29, 0.717) is 11.3 Å². The van der Waals surface area contributed by atoms with E-state index >= 15 is 0 Å². The maximum absolute atomic E-state index is 13.4. The molecule has 0 aliphatic rings. The van der Waals surface area contributed by atoms with Gasteiger partial charge in [-0.05, 0) is 85.6 Å². The molecule has 0 aliphatic carbocycles. The number of aromatic amines is 1. The number of carbonyl (C=O) groups is 3. The molecule has 210 valence electrons. The molecular formula is C34H30N4O3S. The standard InChI is InChI=1S/C34H30N4O3S/c1-22-16-23(2)18-27(17-22)36-32(39)21-42-28-14-12-26(13-15-28)37-34(41)31(38-33(40)24-8-4-3-5-9-24)19-25-20-35-30-11-7-6-10-29(25)30/h3-20,35H,21H2,1-2H3,(H,36,39)(H,37,41)(H,38,40)/b31-19+. The zero-order valence-corrected chi connectivity index (χ0v) is 24.0. The Kier molecular flexibility index (Phi) is 8.84. The van der Waals surface area contributed by atoms with E-state index in [4.69, 9.17) is 0 Å². The molecule has 5 aromatic rings. The minimum atomic E-state index is -0.460. The van der Waals surface area contributed by atoms with E-state index in [9.17, 15) is 14.4 Å². The normalized spacial score (nSPS) is 11.2. The van der Waals surface area contributed by atoms with Crippen molar-refractivity contribution >= 4 is 57.8 Å². The number of aromatic nitrogens is 1. The Morgan fingerprint density at radius 1 is 0.786 bits per heavy atom. The monoisotopic (exact) mass is 574 g/mol. The largest absolute Gasteiger partial charge is 0.361 e. The first-order chi connectivity index (χ1) is 20.3. The minimum Gasteiger partial charge on any atom is -0.361 e. The third-order valence-electron chi connectivity index (χ3n) is 6.44. The highest BCUT2D eigenvalue weighted by Gasteiger charge is 2.16. The van der Waals surface area contributed by atoms with Crippen LogP contribution in [0.3, 0.4) is 0 Å². The molecule has 5 rings (SSSR count). The van der Waals surface area contributed by atoms with Crippen molar-refractivity contribution in [1.82, 2.24) is 10.3 Å². The van der Waals surface area contributed by atoms with Gasteiger partial charge < -0.3 is 20.9 Å². The summed E-state index contributed by atoms with van der Waals surface area (Å²) >= 11 is 1.40. The van der Waals surface area contributed by atoms with E-state index in [1.165, 1.54) is 11.8 Å². The Bertz CT molecular complexity index is 1760. The van der Waals surface area contributed by atoms with Crippen LogP contribution in [0, 0.1) is 13.8 Å². The first kappa shape index (κ1) is 28.4. The Labute approximate surface area is 248 Å². The summed E-state index contributed by atoms with van der Waals surface area (Å²) in [6, 6.07) is 29.6. The van der Waals surface area contributed by atoms with Gasteiger partial charge in [0.05, 0.1) is 5.75 Å². The SMILES string of the molecule is Cc1cc(C)cc(NC(=O)CSc2ccc(NC(=O)/C(=C\c3c[nH]c4ccccc34)NC(=O)c3ccccc3)cc2)c1. The van der Waals surface area contributed by atoms with Crippen LogP contribution in [-0.2, 0) is 9.59 Å². The van der Waals surface area contributed by atoms with E-state index in [0.717, 1.165) is 38.2 Å². The fraction of sp³-hybridized carbons (Fsp3) is 0.0882. The lowest BCUT2D eigenvalue weighted by atomic mass is 10.1. The zero-order chi connectivity index (χ0) is 29.5. The molecule has 0 radical (unpaired) electrons. The summed E-state index contributed by atoms with van der Waals surface area (Å²) in [6.07, 6.45) is 3.46. The van der Waals surface area contributed by atoms with Gasteiger partial charge in [-0.3, -0.25) is 14.4 Å². The molecule has 0 atom stereocenters. The highest BCUT2D eigenvalue weighted by molar-refractivity contribution is 8.00. The quantitative estimate of drug-likeness (QED) is 0.113. The fourth-order valence-electron chi connectivity index (χ4n) is 4.54. The van der Waals surface area contributed by atoms with Crippen molar-refractivity contribution in [2.45, 2.75) is 18.7 Å². The summed E-state index contributed by atoms with van der Waals surface area (Å²) < 4.78 is 0. The van der Waals surface area contributed by atoms with Crippen molar-refractivity contribution in [3.63, 3.8) is 0 Å². The Hall–Kier alpha value is -5.08. The maximum Gasteiger partial charge on any atom is 0.272 e. The zero-order valence-electron chi connectivity index (χ0n) is 23.2. The number of nitrogens with one attached hydrogen (secondary N) is 4. The molecule has 4 aromatic carbocycles. The predicted molar refractivity (Wildman–Crippen MR) is 171 cm³/mol. The van der Waals surface area contributed by atoms with Crippen LogP contribution in [0.5, 0.6) is 0 Å². The maximum atomic E-state index is 13.4. The second-order valence-corrected chi connectivity index (χ2v) is 10.9. The number of carbonyl (C=O) groups excluding carboxylic acids is 3. The number of benzene rings is 4. The van der Waals surface area contributed by atoms with Crippen molar-refractivity contribution in [2.75, 3.05) is 16.4 Å². The number of rotatable bonds is 9. The molecule has 0 bridgehead atoms. The fourth-order valence-corrected chi connectivity index (χ4v) is 5.24. The summed E-state index contributed by atoms with van der Waals surface area (Å²) in [4.78, 5) is 42.9. The Morgan fingerprint density at radius 3 is 2.21 bits per heavy atom. The topological polar surface area (TPSA) is 103 Å². The number of hydrogen-bond acceptors (Lipinski definition) is 4. The molecule has 0 aliphatic heterocycles. The van der Waals surface area contributed by atoms with Crippen molar-refractivity contribution < 1.29 is 14.4 Å². The molecule has 0 unspecified atom stereocenters. The van der Waals surface area contributed by atoms with Gasteiger partial charge in [-0.2, -0.15) is 0 Å². The molecule has 0 spiro atoms. The van der Waals surface area contributed by atoms with Crippen LogP contribution in [0.25, 0.3) is 17.0 Å². The molecular weight excluding hydrogens is 544 g/mol. The van der Waals surface area contributed by atoms with Gasteiger partial charge in [-0.25, -0.2) is 0 Å². The number of para-hydroxylation sites is 1. The average Bonchev–Trinajstić information content (AvgIpc) is 3.39. The number of thioether (sulfide) groups is 1. The average molecular weight is 575 g/mol. The van der Waals surface area contributed by atoms with Crippen LogP contribution >= 0.6 is 11.8 Å². The molecule has 8 heteroatoms. The molecule has 0 saturated heterocycles. The van der Waals surface area contributed by atoms with E-state index in [2.05, 4.69) is 27.0 Å². The third-order valence-corrected chi connectivity index (χ3v) is 7.45. The van der Waals surface area contributed by atoms with Gasteiger partial charge in [-0.15, -0.1) is 11.8 Å². The van der Waals surface area contributed by atoms with Gasteiger partial charge in [0.2, 0.25) is 5.91 Å². The summed E-state index contributed by atoms with van der Waals surface area (Å²) in [5.41, 5.74) is 5.77. The predicted octanol–water partition coefficient (Wildman–Crippen LogP) is 6.93. The van der Waals surface area contributed by atoms with Gasteiger partial charge in [-0.1, -0.05) is 42.5 Å². The molecule has 7 nitrogen and oxygen atoms in total. The van der Waals surface area contributed by atoms with Gasteiger partial charge in [0, 0.05) is 44.5 Å². The highest BCUT2D eigenvalue weighted by atomic mass is 32.2. The van der Waals surface area contributed by atoms with E-state index in [-0.39, 0.29) is 23.3 Å². The van der Waals surface area contributed by atoms with Crippen molar-refractivity contribution in [1.29, 1.82) is 0 Å². The number of amides is 3. The number of fused-ring (bicyclic) bond motifs is 1. The van der Waals surface area contributed by atoms with Gasteiger partial charge in [0.1, 0.15) is 5.70 Å². The van der Waals surface area contributed by atoms with E-state index < -0.39 is 5.91 Å². The number of aryl methyl sites for hydroxylation is 2. The van der Waals surface area contributed by atoms with Crippen LogP contribution in [0.15, 0.2) is 114 Å². The molecule has 4 N–H and O–H groups in total. The second-order valence-electron chi connectivity index (χ2n) is 9.86. The van der Waals surface area contributed by atoms with Crippen LogP contribution in [0.1, 0.15) is 27.0 Å². The summed E-state index contributed by atoms with van der Waals surface area (Å²) in [6.45, 7) is 3.99. The molecule has 0 saturated carbocycles. The molecule has 1 aromatic heterocycles. The third kappa shape index (κ3) is 7.35. The summed E-state index contributed by atoms with van der Waals surface area (Å²) in [5, 5.41) is 9.52. The van der Waals surface area contributed by atoms with Crippen molar-refractivity contribution in [3.8, 4) is 0 Å². The van der Waals surface area contributed by atoms with Gasteiger partial charge >= 0.3 is 0 Å². The lowest BCUT2D eigenvalue weighted by molar-refractivity contribution is -0.114. The van der Waals surface area contributed by atoms with E-state index in [1.54, 1.807) is 48.7 Å². The van der Waals surface area contributed by atoms with Crippen LogP contribution in [-0.4, -0.2) is 28.5 Å². The first-order valence-electron chi connectivity index (χ1n) is 13.4. The summed E-state index contributed by atoms with van der Waals surface area (Å²) in [5.74, 6) is -0.689. The number of anilines is 2. The highest BCUT2D eigenvalue weighted by Crippen LogP contribution is 2.23. The number of hydrogen-bond donors (Lipinski definition) is 4. The van der Waals surface area contributed by atoms with Crippen LogP contribution in [0.4, 0.5) is 11.4 Å². The smallest absolute Gasteiger partial charge is 0.272 e. The Morgan fingerprint density at radius 2 is 1.48 bits per heavy atom. The Balaban J connectivity index is 1.26. The lowest BCUT2D eigenvalue weighted by Crippen LogP contribution is -2.30. The second kappa shape index (κ2) is 13.1. The van der Waals surface area contributed by atoms with Gasteiger partial charge in [0.15, 0.2) is 0 Å². The van der Waals surface area contributed by atoms with Crippen LogP contribution < -0.4 is 16.0 Å². The molecule has 42 heavy (non-hydrogen) atoms. The molecule has 0 fully saturated rings. The van der Waals surface area contributed by atoms with Crippen molar-refractivity contribution in [3.05, 3.63) is 131 Å². The lowest BCUT2D eigenvalue weighted by Gasteiger charge is -2.12. The van der Waals surface area contributed by atoms with Crippen LogP contribution in [0.2, 0.25) is 0 Å². The number of H-pyrrole nitrogens is 1. The molecule has 1 heterocycles. The first-order valence-corrected chi connectivity index (χ1v) is 14.4.